The Morgan fingerprint density at radius 2 is 1.94 bits per heavy atom. The topological polar surface area (TPSA) is 90.3 Å². The zero-order valence-corrected chi connectivity index (χ0v) is 18.0. The molecule has 1 unspecified atom stereocenters. The van der Waals surface area contributed by atoms with E-state index >= 15 is 0 Å². The number of carbonyl (C=O) groups is 1. The fraction of sp³-hybridized carbons (Fsp3) is 0.261. The number of benzene rings is 2. The lowest BCUT2D eigenvalue weighted by Gasteiger charge is -2.29. The summed E-state index contributed by atoms with van der Waals surface area (Å²) in [6.45, 7) is 6.31. The number of allylic oxidation sites excluding steroid dienone is 1. The van der Waals surface area contributed by atoms with E-state index in [9.17, 15) is 4.79 Å². The molecule has 2 aromatic carbocycles. The number of nitrogens with zero attached hydrogens (tertiary/aromatic N) is 3. The summed E-state index contributed by atoms with van der Waals surface area (Å²) in [5.41, 5.74) is 3.94. The van der Waals surface area contributed by atoms with E-state index in [-0.39, 0.29) is 5.91 Å². The molecule has 160 valence electrons. The maximum absolute atomic E-state index is 13.4. The first-order chi connectivity index (χ1) is 15.0. The molecule has 0 saturated heterocycles. The van der Waals surface area contributed by atoms with Gasteiger partial charge in [0, 0.05) is 11.4 Å². The number of aromatic nitrogens is 3. The maximum Gasteiger partial charge on any atom is 0.255 e. The van der Waals surface area contributed by atoms with Gasteiger partial charge in [0.15, 0.2) is 11.5 Å². The van der Waals surface area contributed by atoms with E-state index in [1.54, 1.807) is 11.8 Å². The molecule has 0 bridgehead atoms. The van der Waals surface area contributed by atoms with Crippen molar-refractivity contribution < 1.29 is 14.3 Å². The van der Waals surface area contributed by atoms with Crippen LogP contribution >= 0.6 is 0 Å². The number of rotatable bonds is 6. The highest BCUT2D eigenvalue weighted by molar-refractivity contribution is 6.06. The monoisotopic (exact) mass is 419 g/mol. The Balaban J connectivity index is 1.76. The minimum absolute atomic E-state index is 0.215. The fourth-order valence-corrected chi connectivity index (χ4v) is 3.66. The summed E-state index contributed by atoms with van der Waals surface area (Å²) < 4.78 is 12.9. The molecule has 1 amide bonds. The standard InChI is InChI=1S/C23H25N5O3/c1-5-31-18-11-8-16(12-19(18)30-4)21-20(15(3)26-23-24-13-25-28(21)23)22(29)27-17-9-6-14(2)7-10-17/h6-13,21H,5H2,1-4H3,(H,27,29)(H,24,25,26). The lowest BCUT2D eigenvalue weighted by molar-refractivity contribution is -0.113. The predicted octanol–water partition coefficient (Wildman–Crippen LogP) is 3.92. The number of aryl methyl sites for hydroxylation is 1. The molecular formula is C23H25N5O3. The Kier molecular flexibility index (Phi) is 5.62. The first kappa shape index (κ1) is 20.5. The number of fused-ring (bicyclic) bond motifs is 1. The van der Waals surface area contributed by atoms with E-state index in [1.165, 1.54) is 6.33 Å². The highest BCUT2D eigenvalue weighted by Gasteiger charge is 2.34. The summed E-state index contributed by atoms with van der Waals surface area (Å²) in [4.78, 5) is 17.7. The van der Waals surface area contributed by atoms with Crippen LogP contribution in [0, 0.1) is 6.92 Å². The van der Waals surface area contributed by atoms with Gasteiger partial charge in [-0.1, -0.05) is 23.8 Å². The number of carbonyl (C=O) groups excluding carboxylic acids is 1. The highest BCUT2D eigenvalue weighted by Crippen LogP contribution is 2.38. The largest absolute Gasteiger partial charge is 0.493 e. The number of hydrogen-bond acceptors (Lipinski definition) is 6. The SMILES string of the molecule is CCOc1ccc(C2C(C(=O)Nc3ccc(C)cc3)=C(C)Nc3ncnn32)cc1OC. The minimum atomic E-state index is -0.478. The van der Waals surface area contributed by atoms with Gasteiger partial charge in [0.25, 0.3) is 5.91 Å². The smallest absolute Gasteiger partial charge is 0.255 e. The van der Waals surface area contributed by atoms with Crippen LogP contribution in [0.1, 0.15) is 31.0 Å². The summed E-state index contributed by atoms with van der Waals surface area (Å²) in [6, 6.07) is 12.8. The fourth-order valence-electron chi connectivity index (χ4n) is 3.66. The van der Waals surface area contributed by atoms with Crippen molar-refractivity contribution in [2.45, 2.75) is 26.8 Å². The van der Waals surface area contributed by atoms with Gasteiger partial charge in [0.2, 0.25) is 5.95 Å². The summed E-state index contributed by atoms with van der Waals surface area (Å²) >= 11 is 0. The van der Waals surface area contributed by atoms with Crippen LogP contribution in [-0.2, 0) is 4.79 Å². The number of nitrogens with one attached hydrogen (secondary N) is 2. The highest BCUT2D eigenvalue weighted by atomic mass is 16.5. The van der Waals surface area contributed by atoms with E-state index < -0.39 is 6.04 Å². The Morgan fingerprint density at radius 3 is 2.65 bits per heavy atom. The molecule has 4 rings (SSSR count). The Bertz CT molecular complexity index is 1130. The number of amides is 1. The summed E-state index contributed by atoms with van der Waals surface area (Å²) in [7, 11) is 1.59. The molecule has 0 aliphatic carbocycles. The average Bonchev–Trinajstić information content (AvgIpc) is 3.23. The number of hydrogen-bond donors (Lipinski definition) is 2. The van der Waals surface area contributed by atoms with Crippen LogP contribution in [0.5, 0.6) is 11.5 Å². The third kappa shape index (κ3) is 3.96. The molecule has 0 saturated carbocycles. The first-order valence-corrected chi connectivity index (χ1v) is 10.1. The molecule has 8 nitrogen and oxygen atoms in total. The molecule has 1 atom stereocenters. The maximum atomic E-state index is 13.4. The van der Waals surface area contributed by atoms with Crippen molar-refractivity contribution in [2.24, 2.45) is 0 Å². The van der Waals surface area contributed by atoms with Crippen LogP contribution in [-0.4, -0.2) is 34.4 Å². The van der Waals surface area contributed by atoms with Crippen LogP contribution in [0.4, 0.5) is 11.6 Å². The number of anilines is 2. The zero-order valence-electron chi connectivity index (χ0n) is 18.0. The van der Waals surface area contributed by atoms with Gasteiger partial charge in [0.1, 0.15) is 12.4 Å². The third-order valence-corrected chi connectivity index (χ3v) is 5.15. The molecule has 1 aromatic heterocycles. The van der Waals surface area contributed by atoms with Gasteiger partial charge in [-0.15, -0.1) is 0 Å². The van der Waals surface area contributed by atoms with E-state index in [0.29, 0.717) is 35.3 Å². The molecule has 0 fully saturated rings. The van der Waals surface area contributed by atoms with Crippen molar-refractivity contribution in [3.63, 3.8) is 0 Å². The van der Waals surface area contributed by atoms with Gasteiger partial charge in [0.05, 0.1) is 19.3 Å². The summed E-state index contributed by atoms with van der Waals surface area (Å²) in [5.74, 6) is 1.60. The van der Waals surface area contributed by atoms with Crippen LogP contribution in [0.3, 0.4) is 0 Å². The average molecular weight is 419 g/mol. The van der Waals surface area contributed by atoms with E-state index in [1.807, 2.05) is 63.2 Å². The van der Waals surface area contributed by atoms with Crippen LogP contribution in [0.15, 0.2) is 60.1 Å². The van der Waals surface area contributed by atoms with Crippen molar-refractivity contribution in [1.82, 2.24) is 14.8 Å². The van der Waals surface area contributed by atoms with Gasteiger partial charge in [-0.25, -0.2) is 4.68 Å². The van der Waals surface area contributed by atoms with E-state index in [2.05, 4.69) is 20.7 Å². The molecule has 0 spiro atoms. The molecule has 1 aliphatic heterocycles. The van der Waals surface area contributed by atoms with Gasteiger partial charge in [-0.2, -0.15) is 10.1 Å². The van der Waals surface area contributed by atoms with Gasteiger partial charge >= 0.3 is 0 Å². The van der Waals surface area contributed by atoms with Crippen molar-refractivity contribution in [1.29, 1.82) is 0 Å². The van der Waals surface area contributed by atoms with Crippen molar-refractivity contribution in [3.05, 3.63) is 71.2 Å². The van der Waals surface area contributed by atoms with Gasteiger partial charge in [-0.3, -0.25) is 4.79 Å². The summed E-state index contributed by atoms with van der Waals surface area (Å²) in [6.07, 6.45) is 1.47. The molecule has 2 heterocycles. The quantitative estimate of drug-likeness (QED) is 0.629. The molecule has 0 radical (unpaired) electrons. The number of methoxy groups -OCH3 is 1. The second-order valence-electron chi connectivity index (χ2n) is 7.26. The third-order valence-electron chi connectivity index (χ3n) is 5.15. The lowest BCUT2D eigenvalue weighted by atomic mass is 9.94. The molecule has 3 aromatic rings. The first-order valence-electron chi connectivity index (χ1n) is 10.1. The van der Waals surface area contributed by atoms with Crippen LogP contribution in [0.25, 0.3) is 0 Å². The molecule has 1 aliphatic rings. The van der Waals surface area contributed by atoms with Crippen LogP contribution < -0.4 is 20.1 Å². The molecule has 31 heavy (non-hydrogen) atoms. The van der Waals surface area contributed by atoms with Crippen molar-refractivity contribution >= 4 is 17.5 Å². The Hall–Kier alpha value is -3.81. The zero-order chi connectivity index (χ0) is 22.0. The molecule has 8 heteroatoms. The molecule has 2 N–H and O–H groups in total. The summed E-state index contributed by atoms with van der Waals surface area (Å²) in [5, 5.41) is 10.5. The Labute approximate surface area is 180 Å². The second kappa shape index (κ2) is 8.51. The van der Waals surface area contributed by atoms with Crippen molar-refractivity contribution in [3.8, 4) is 11.5 Å². The molecular weight excluding hydrogens is 394 g/mol. The predicted molar refractivity (Wildman–Crippen MR) is 118 cm³/mol. The van der Waals surface area contributed by atoms with E-state index in [4.69, 9.17) is 9.47 Å². The van der Waals surface area contributed by atoms with Crippen molar-refractivity contribution in [2.75, 3.05) is 24.4 Å². The van der Waals surface area contributed by atoms with Crippen LogP contribution in [0.2, 0.25) is 0 Å². The van der Waals surface area contributed by atoms with Gasteiger partial charge in [-0.05, 0) is 50.6 Å². The lowest BCUT2D eigenvalue weighted by Crippen LogP contribution is -2.31. The Morgan fingerprint density at radius 1 is 1.16 bits per heavy atom. The number of ether oxygens (including phenoxy) is 2. The minimum Gasteiger partial charge on any atom is -0.493 e. The van der Waals surface area contributed by atoms with E-state index in [0.717, 1.165) is 16.8 Å². The van der Waals surface area contributed by atoms with Gasteiger partial charge < -0.3 is 20.1 Å². The normalized spacial score (nSPS) is 15.2. The second-order valence-corrected chi connectivity index (χ2v) is 7.26.